The van der Waals surface area contributed by atoms with Crippen LogP contribution in [0.5, 0.6) is 0 Å². The van der Waals surface area contributed by atoms with Crippen LogP contribution in [-0.2, 0) is 20.3 Å². The topological polar surface area (TPSA) is 59.0 Å². The van der Waals surface area contributed by atoms with Crippen molar-refractivity contribution < 1.29 is 13.2 Å². The van der Waals surface area contributed by atoms with E-state index in [4.69, 9.17) is 4.74 Å². The zero-order valence-electron chi connectivity index (χ0n) is 14.6. The van der Waals surface area contributed by atoms with Crippen molar-refractivity contribution >= 4 is 16.0 Å². The molecule has 5 nitrogen and oxygen atoms in total. The quantitative estimate of drug-likeness (QED) is 0.842. The van der Waals surface area contributed by atoms with Crippen molar-refractivity contribution in [1.82, 2.24) is 4.31 Å². The monoisotopic (exact) mass is 358 g/mol. The summed E-state index contributed by atoms with van der Waals surface area (Å²) in [6.45, 7) is 6.22. The molecule has 0 saturated carbocycles. The van der Waals surface area contributed by atoms with Crippen LogP contribution in [-0.4, -0.2) is 31.9 Å². The standard InChI is InChI=1S/C19H22N2O3S/c1-4-24-18-20-19(3,16-8-6-5-7-9-16)14-21(18)25(22,23)17-12-10-15(2)11-13-17/h5-13H,4,14H2,1-3H3. The molecular weight excluding hydrogens is 336 g/mol. The van der Waals surface area contributed by atoms with Gasteiger partial charge in [-0.1, -0.05) is 48.0 Å². The molecule has 2 aromatic carbocycles. The fourth-order valence-corrected chi connectivity index (χ4v) is 4.32. The molecule has 0 aliphatic carbocycles. The lowest BCUT2D eigenvalue weighted by Crippen LogP contribution is -2.38. The van der Waals surface area contributed by atoms with Crippen LogP contribution in [0, 0.1) is 6.92 Å². The summed E-state index contributed by atoms with van der Waals surface area (Å²) in [6, 6.07) is 16.6. The Morgan fingerprint density at radius 2 is 1.76 bits per heavy atom. The molecule has 0 spiro atoms. The highest BCUT2D eigenvalue weighted by molar-refractivity contribution is 7.89. The van der Waals surface area contributed by atoms with E-state index in [1.54, 1.807) is 24.3 Å². The third kappa shape index (κ3) is 3.26. The molecule has 1 atom stereocenters. The number of hydrogen-bond acceptors (Lipinski definition) is 4. The van der Waals surface area contributed by atoms with Gasteiger partial charge in [0.15, 0.2) is 0 Å². The van der Waals surface area contributed by atoms with Crippen LogP contribution in [0.15, 0.2) is 64.5 Å². The second kappa shape index (κ2) is 6.52. The van der Waals surface area contributed by atoms with Crippen LogP contribution < -0.4 is 0 Å². The second-order valence-electron chi connectivity index (χ2n) is 6.29. The summed E-state index contributed by atoms with van der Waals surface area (Å²) in [7, 11) is -3.73. The van der Waals surface area contributed by atoms with Crippen LogP contribution in [0.2, 0.25) is 0 Å². The number of benzene rings is 2. The molecule has 1 unspecified atom stereocenters. The first-order valence-corrected chi connectivity index (χ1v) is 9.68. The van der Waals surface area contributed by atoms with E-state index in [1.807, 2.05) is 51.1 Å². The minimum atomic E-state index is -3.73. The lowest BCUT2D eigenvalue weighted by Gasteiger charge is -2.24. The molecule has 25 heavy (non-hydrogen) atoms. The molecule has 0 saturated heterocycles. The van der Waals surface area contributed by atoms with Gasteiger partial charge in [0.1, 0.15) is 5.54 Å². The fourth-order valence-electron chi connectivity index (χ4n) is 2.86. The summed E-state index contributed by atoms with van der Waals surface area (Å²) < 4.78 is 33.1. The number of amidine groups is 1. The van der Waals surface area contributed by atoms with E-state index in [1.165, 1.54) is 4.31 Å². The SMILES string of the molecule is CCOC1=NC(C)(c2ccccc2)CN1S(=O)(=O)c1ccc(C)cc1. The van der Waals surface area contributed by atoms with Gasteiger partial charge in [-0.05, 0) is 38.5 Å². The van der Waals surface area contributed by atoms with E-state index in [-0.39, 0.29) is 17.5 Å². The molecule has 2 aromatic rings. The average molecular weight is 358 g/mol. The average Bonchev–Trinajstić information content (AvgIpc) is 2.95. The highest BCUT2D eigenvalue weighted by atomic mass is 32.2. The van der Waals surface area contributed by atoms with Crippen molar-refractivity contribution in [2.75, 3.05) is 13.2 Å². The first kappa shape index (κ1) is 17.5. The first-order valence-electron chi connectivity index (χ1n) is 8.24. The van der Waals surface area contributed by atoms with Crippen molar-refractivity contribution in [3.8, 4) is 0 Å². The third-order valence-electron chi connectivity index (χ3n) is 4.29. The minimum Gasteiger partial charge on any atom is -0.465 e. The molecule has 0 bridgehead atoms. The summed E-state index contributed by atoms with van der Waals surface area (Å²) in [5, 5.41) is 0. The number of nitrogens with zero attached hydrogens (tertiary/aromatic N) is 2. The molecule has 132 valence electrons. The van der Waals surface area contributed by atoms with Crippen molar-refractivity contribution in [2.45, 2.75) is 31.2 Å². The highest BCUT2D eigenvalue weighted by Crippen LogP contribution is 2.35. The molecule has 1 aliphatic rings. The Bertz CT molecular complexity index is 877. The van der Waals surface area contributed by atoms with Gasteiger partial charge in [0.05, 0.1) is 18.0 Å². The van der Waals surface area contributed by atoms with Crippen LogP contribution in [0.25, 0.3) is 0 Å². The number of ether oxygens (including phenoxy) is 1. The van der Waals surface area contributed by atoms with Crippen molar-refractivity contribution in [2.24, 2.45) is 4.99 Å². The molecule has 3 rings (SSSR count). The van der Waals surface area contributed by atoms with E-state index in [0.717, 1.165) is 11.1 Å². The highest BCUT2D eigenvalue weighted by Gasteiger charge is 2.43. The van der Waals surface area contributed by atoms with E-state index in [2.05, 4.69) is 4.99 Å². The van der Waals surface area contributed by atoms with Gasteiger partial charge in [0.2, 0.25) is 0 Å². The van der Waals surface area contributed by atoms with E-state index in [0.29, 0.717) is 6.61 Å². The molecule has 0 amide bonds. The van der Waals surface area contributed by atoms with Crippen LogP contribution in [0.3, 0.4) is 0 Å². The van der Waals surface area contributed by atoms with E-state index in [9.17, 15) is 8.42 Å². The maximum Gasteiger partial charge on any atom is 0.302 e. The Labute approximate surface area is 149 Å². The lowest BCUT2D eigenvalue weighted by molar-refractivity contribution is 0.291. The van der Waals surface area contributed by atoms with Gasteiger partial charge in [0, 0.05) is 0 Å². The third-order valence-corrected chi connectivity index (χ3v) is 6.02. The summed E-state index contributed by atoms with van der Waals surface area (Å²) in [5.74, 6) is 0. The summed E-state index contributed by atoms with van der Waals surface area (Å²) in [5.41, 5.74) is 1.28. The zero-order chi connectivity index (χ0) is 18.1. The Morgan fingerprint density at radius 3 is 2.36 bits per heavy atom. The van der Waals surface area contributed by atoms with E-state index >= 15 is 0 Å². The number of rotatable bonds is 4. The zero-order valence-corrected chi connectivity index (χ0v) is 15.5. The second-order valence-corrected chi connectivity index (χ2v) is 8.15. The predicted molar refractivity (Wildman–Crippen MR) is 97.9 cm³/mol. The Balaban J connectivity index is 2.01. The van der Waals surface area contributed by atoms with Crippen molar-refractivity contribution in [3.63, 3.8) is 0 Å². The van der Waals surface area contributed by atoms with Gasteiger partial charge in [0.25, 0.3) is 10.0 Å². The van der Waals surface area contributed by atoms with Gasteiger partial charge in [-0.25, -0.2) is 17.7 Å². The fraction of sp³-hybridized carbons (Fsp3) is 0.316. The molecule has 6 heteroatoms. The Hall–Kier alpha value is -2.34. The number of aliphatic imine (C=N–C) groups is 1. The van der Waals surface area contributed by atoms with Crippen LogP contribution in [0.1, 0.15) is 25.0 Å². The maximum atomic E-state index is 13.1. The Kier molecular flexibility index (Phi) is 4.56. The summed E-state index contributed by atoms with van der Waals surface area (Å²) in [4.78, 5) is 4.85. The van der Waals surface area contributed by atoms with Gasteiger partial charge < -0.3 is 4.74 Å². The summed E-state index contributed by atoms with van der Waals surface area (Å²) in [6.07, 6.45) is 0. The van der Waals surface area contributed by atoms with Gasteiger partial charge in [-0.15, -0.1) is 0 Å². The summed E-state index contributed by atoms with van der Waals surface area (Å²) >= 11 is 0. The molecular formula is C19H22N2O3S. The smallest absolute Gasteiger partial charge is 0.302 e. The molecule has 0 N–H and O–H groups in total. The molecule has 0 radical (unpaired) electrons. The number of sulfonamides is 1. The Morgan fingerprint density at radius 1 is 1.12 bits per heavy atom. The van der Waals surface area contributed by atoms with Crippen LogP contribution >= 0.6 is 0 Å². The van der Waals surface area contributed by atoms with Gasteiger partial charge in [-0.2, -0.15) is 0 Å². The molecule has 0 fully saturated rings. The number of hydrogen-bond donors (Lipinski definition) is 0. The normalized spacial score (nSPS) is 20.4. The van der Waals surface area contributed by atoms with Crippen molar-refractivity contribution in [1.29, 1.82) is 0 Å². The maximum absolute atomic E-state index is 13.1. The van der Waals surface area contributed by atoms with Gasteiger partial charge >= 0.3 is 6.02 Å². The first-order chi connectivity index (χ1) is 11.9. The molecule has 1 heterocycles. The molecule has 1 aliphatic heterocycles. The minimum absolute atomic E-state index is 0.148. The molecule has 0 aromatic heterocycles. The van der Waals surface area contributed by atoms with Crippen molar-refractivity contribution in [3.05, 3.63) is 65.7 Å². The number of aryl methyl sites for hydroxylation is 1. The van der Waals surface area contributed by atoms with Crippen LogP contribution in [0.4, 0.5) is 0 Å². The van der Waals surface area contributed by atoms with Gasteiger partial charge in [-0.3, -0.25) is 0 Å². The largest absolute Gasteiger partial charge is 0.465 e. The lowest BCUT2D eigenvalue weighted by atomic mass is 9.94. The predicted octanol–water partition coefficient (Wildman–Crippen LogP) is 3.31. The van der Waals surface area contributed by atoms with E-state index < -0.39 is 15.6 Å².